The number of fused-ring (bicyclic) bond motifs is 3. The van der Waals surface area contributed by atoms with Crippen LogP contribution in [-0.2, 0) is 31.9 Å². The zero-order valence-corrected chi connectivity index (χ0v) is 24.6. The first-order valence-electron chi connectivity index (χ1n) is 14.9. The van der Waals surface area contributed by atoms with Gasteiger partial charge in [-0.25, -0.2) is 4.79 Å². The van der Waals surface area contributed by atoms with Crippen molar-refractivity contribution in [1.29, 1.82) is 0 Å². The molecule has 0 aliphatic carbocycles. The molecule has 0 atom stereocenters. The number of amides is 3. The number of carbonyl (C=O) groups excluding carboxylic acids is 2. The smallest absolute Gasteiger partial charge is 0.358 e. The zero-order chi connectivity index (χ0) is 32.6. The van der Waals surface area contributed by atoms with Crippen molar-refractivity contribution < 1.29 is 35.9 Å². The standard InChI is InChI=1S/C33H31F6N5O2/c34-32(35,36)22-4-1-20(2-5-22)18-43-14-13-29-27(19-43)26-17-21(3-10-28(26)42-29)30(45)40-25-11-15-44(16-12-25)31(46)41-24-8-6-23(7-9-24)33(37,38)39/h1-10,17,25,42H,11-16,18-19H2,(H,40,45)(H,41,46). The molecule has 13 heteroatoms. The Bertz CT molecular complexity index is 1720. The Balaban J connectivity index is 1.04. The number of alkyl halides is 6. The number of benzene rings is 3. The van der Waals surface area contributed by atoms with Gasteiger partial charge in [0.15, 0.2) is 0 Å². The number of carbonyl (C=O) groups is 2. The number of anilines is 1. The number of piperidine rings is 1. The Labute approximate surface area is 260 Å². The van der Waals surface area contributed by atoms with Crippen LogP contribution in [0.25, 0.3) is 10.9 Å². The predicted octanol–water partition coefficient (Wildman–Crippen LogP) is 7.19. The van der Waals surface area contributed by atoms with Crippen LogP contribution in [-0.4, -0.2) is 52.4 Å². The lowest BCUT2D eigenvalue weighted by molar-refractivity contribution is -0.138. The minimum atomic E-state index is -4.45. The third-order valence-corrected chi connectivity index (χ3v) is 8.58. The summed E-state index contributed by atoms with van der Waals surface area (Å²) in [5, 5.41) is 6.60. The summed E-state index contributed by atoms with van der Waals surface area (Å²) < 4.78 is 77.2. The SMILES string of the molecule is O=C(NC1CCN(C(=O)Nc2ccc(C(F)(F)F)cc2)CC1)c1ccc2[nH]c3c(c2c1)CN(Cc1ccc(C(F)(F)F)cc1)CC3. The Hall–Kier alpha value is -4.52. The molecule has 6 rings (SSSR count). The van der Waals surface area contributed by atoms with Gasteiger partial charge in [0.1, 0.15) is 0 Å². The van der Waals surface area contributed by atoms with E-state index in [1.54, 1.807) is 11.0 Å². The molecule has 4 aromatic rings. The summed E-state index contributed by atoms with van der Waals surface area (Å²) in [5.74, 6) is -0.234. The highest BCUT2D eigenvalue weighted by Crippen LogP contribution is 2.32. The molecule has 1 fully saturated rings. The molecule has 7 nitrogen and oxygen atoms in total. The van der Waals surface area contributed by atoms with E-state index < -0.39 is 29.5 Å². The average Bonchev–Trinajstić information content (AvgIpc) is 3.38. The van der Waals surface area contributed by atoms with Crippen molar-refractivity contribution in [3.8, 4) is 0 Å². The Morgan fingerprint density at radius 2 is 1.46 bits per heavy atom. The first-order valence-corrected chi connectivity index (χ1v) is 14.9. The van der Waals surface area contributed by atoms with E-state index in [0.717, 1.165) is 65.0 Å². The van der Waals surface area contributed by atoms with Crippen molar-refractivity contribution >= 4 is 28.5 Å². The van der Waals surface area contributed by atoms with Gasteiger partial charge >= 0.3 is 18.4 Å². The average molecular weight is 644 g/mol. The summed E-state index contributed by atoms with van der Waals surface area (Å²) in [4.78, 5) is 33.0. The van der Waals surface area contributed by atoms with Gasteiger partial charge in [0.25, 0.3) is 5.91 Å². The number of aromatic amines is 1. The first kappa shape index (κ1) is 31.5. The topological polar surface area (TPSA) is 80.5 Å². The molecule has 2 aliphatic rings. The summed E-state index contributed by atoms with van der Waals surface area (Å²) in [7, 11) is 0. The molecule has 242 valence electrons. The summed E-state index contributed by atoms with van der Waals surface area (Å²) >= 11 is 0. The van der Waals surface area contributed by atoms with Crippen molar-refractivity contribution in [1.82, 2.24) is 20.1 Å². The minimum Gasteiger partial charge on any atom is -0.358 e. The number of halogens is 6. The van der Waals surface area contributed by atoms with Crippen LogP contribution >= 0.6 is 0 Å². The maximum atomic E-state index is 13.2. The maximum absolute atomic E-state index is 13.2. The van der Waals surface area contributed by atoms with E-state index in [9.17, 15) is 35.9 Å². The molecular formula is C33H31F6N5O2. The van der Waals surface area contributed by atoms with Crippen LogP contribution in [0.2, 0.25) is 0 Å². The molecule has 2 aliphatic heterocycles. The number of H-pyrrole nitrogens is 1. The van der Waals surface area contributed by atoms with Crippen molar-refractivity contribution in [2.24, 2.45) is 0 Å². The fourth-order valence-electron chi connectivity index (χ4n) is 6.04. The van der Waals surface area contributed by atoms with Crippen molar-refractivity contribution in [3.63, 3.8) is 0 Å². The minimum absolute atomic E-state index is 0.155. The molecule has 3 aromatic carbocycles. The van der Waals surface area contributed by atoms with Crippen molar-refractivity contribution in [2.75, 3.05) is 25.0 Å². The van der Waals surface area contributed by atoms with E-state index in [1.807, 2.05) is 12.1 Å². The Morgan fingerprint density at radius 3 is 2.09 bits per heavy atom. The number of nitrogens with one attached hydrogen (secondary N) is 3. The van der Waals surface area contributed by atoms with Crippen LogP contribution in [0.1, 0.15) is 51.1 Å². The molecule has 3 heterocycles. The van der Waals surface area contributed by atoms with Crippen LogP contribution in [0.5, 0.6) is 0 Å². The van der Waals surface area contributed by atoms with E-state index in [2.05, 4.69) is 20.5 Å². The van der Waals surface area contributed by atoms with Gasteiger partial charge in [-0.05, 0) is 78.6 Å². The van der Waals surface area contributed by atoms with Gasteiger partial charge in [-0.2, -0.15) is 26.3 Å². The van der Waals surface area contributed by atoms with E-state index in [-0.39, 0.29) is 17.6 Å². The number of rotatable bonds is 5. The normalized spacial score (nSPS) is 16.3. The lowest BCUT2D eigenvalue weighted by Crippen LogP contribution is -2.47. The molecule has 0 radical (unpaired) electrons. The highest BCUT2D eigenvalue weighted by Gasteiger charge is 2.31. The van der Waals surface area contributed by atoms with Crippen LogP contribution < -0.4 is 10.6 Å². The number of nitrogens with zero attached hydrogens (tertiary/aromatic N) is 2. The van der Waals surface area contributed by atoms with Gasteiger partial charge in [0.2, 0.25) is 0 Å². The van der Waals surface area contributed by atoms with Gasteiger partial charge in [-0.3, -0.25) is 9.69 Å². The summed E-state index contributed by atoms with van der Waals surface area (Å²) in [6, 6.07) is 14.4. The third kappa shape index (κ3) is 6.99. The van der Waals surface area contributed by atoms with Crippen molar-refractivity contribution in [2.45, 2.75) is 50.7 Å². The largest absolute Gasteiger partial charge is 0.416 e. The van der Waals surface area contributed by atoms with Gasteiger partial charge in [-0.1, -0.05) is 12.1 Å². The summed E-state index contributed by atoms with van der Waals surface area (Å²) in [6.45, 7) is 2.59. The molecule has 0 spiro atoms. The molecule has 1 aromatic heterocycles. The zero-order valence-electron chi connectivity index (χ0n) is 24.6. The van der Waals surface area contributed by atoms with Crippen LogP contribution in [0.15, 0.2) is 66.7 Å². The van der Waals surface area contributed by atoms with Crippen molar-refractivity contribution in [3.05, 3.63) is 100 Å². The van der Waals surface area contributed by atoms with Gasteiger partial charge in [-0.15, -0.1) is 0 Å². The van der Waals surface area contributed by atoms with Crippen LogP contribution in [0.4, 0.5) is 36.8 Å². The third-order valence-electron chi connectivity index (χ3n) is 8.58. The monoisotopic (exact) mass is 643 g/mol. The molecule has 0 unspecified atom stereocenters. The van der Waals surface area contributed by atoms with Gasteiger partial charge < -0.3 is 20.5 Å². The predicted molar refractivity (Wildman–Crippen MR) is 160 cm³/mol. The second-order valence-corrected chi connectivity index (χ2v) is 11.7. The summed E-state index contributed by atoms with van der Waals surface area (Å²) in [5.41, 5.74) is 3.14. The Kier molecular flexibility index (Phi) is 8.45. The lowest BCUT2D eigenvalue weighted by atomic mass is 10.0. The molecule has 3 amide bonds. The quantitative estimate of drug-likeness (QED) is 0.202. The van der Waals surface area contributed by atoms with Gasteiger partial charge in [0.05, 0.1) is 11.1 Å². The fourth-order valence-corrected chi connectivity index (χ4v) is 6.04. The lowest BCUT2D eigenvalue weighted by Gasteiger charge is -2.32. The molecule has 1 saturated heterocycles. The Morgan fingerprint density at radius 1 is 0.826 bits per heavy atom. The van der Waals surface area contributed by atoms with E-state index in [0.29, 0.717) is 44.6 Å². The van der Waals surface area contributed by atoms with Crippen LogP contribution in [0, 0.1) is 0 Å². The fraction of sp³-hybridized carbons (Fsp3) is 0.333. The maximum Gasteiger partial charge on any atom is 0.416 e. The second-order valence-electron chi connectivity index (χ2n) is 11.7. The number of hydrogen-bond acceptors (Lipinski definition) is 3. The number of aromatic nitrogens is 1. The highest BCUT2D eigenvalue weighted by molar-refractivity contribution is 5.99. The molecule has 0 bridgehead atoms. The molecule has 46 heavy (non-hydrogen) atoms. The second kappa shape index (κ2) is 12.3. The van der Waals surface area contributed by atoms with E-state index in [1.165, 1.54) is 24.3 Å². The molecule has 3 N–H and O–H groups in total. The van der Waals surface area contributed by atoms with E-state index >= 15 is 0 Å². The first-order chi connectivity index (χ1) is 21.8. The molecule has 0 saturated carbocycles. The highest BCUT2D eigenvalue weighted by atomic mass is 19.4. The molecular weight excluding hydrogens is 612 g/mol. The number of hydrogen-bond donors (Lipinski definition) is 3. The number of likely N-dealkylation sites (tertiary alicyclic amines) is 1. The van der Waals surface area contributed by atoms with Gasteiger partial charge in [0, 0.05) is 73.0 Å². The van der Waals surface area contributed by atoms with E-state index in [4.69, 9.17) is 0 Å². The van der Waals surface area contributed by atoms with Crippen LogP contribution in [0.3, 0.4) is 0 Å². The summed E-state index contributed by atoms with van der Waals surface area (Å²) in [6.07, 6.45) is -7.04. The number of urea groups is 1.